The van der Waals surface area contributed by atoms with Gasteiger partial charge in [0.2, 0.25) is 0 Å². The lowest BCUT2D eigenvalue weighted by molar-refractivity contribution is -0.139. The molecule has 1 atom stereocenters. The van der Waals surface area contributed by atoms with E-state index in [1.165, 1.54) is 28.0 Å². The Morgan fingerprint density at radius 1 is 1.19 bits per heavy atom. The van der Waals surface area contributed by atoms with Crippen LogP contribution in [0, 0.1) is 20.7 Å². The molecule has 1 aromatic heterocycles. The minimum atomic E-state index is -0.828. The highest BCUT2D eigenvalue weighted by Crippen LogP contribution is 2.35. The average Bonchev–Trinajstić information content (AvgIpc) is 3.30. The topological polar surface area (TPSA) is 103 Å². The van der Waals surface area contributed by atoms with Gasteiger partial charge in [0.15, 0.2) is 16.3 Å². The van der Waals surface area contributed by atoms with E-state index in [2.05, 4.69) is 33.7 Å². The molecule has 5 rings (SSSR count). The molecule has 0 amide bonds. The molecule has 0 spiro atoms. The van der Waals surface area contributed by atoms with Gasteiger partial charge in [-0.2, -0.15) is 5.26 Å². The molecule has 0 saturated heterocycles. The van der Waals surface area contributed by atoms with E-state index in [0.717, 1.165) is 9.13 Å². The maximum Gasteiger partial charge on any atom is 0.338 e. The molecule has 2 heterocycles. The Morgan fingerprint density at radius 2 is 1.91 bits per heavy atom. The van der Waals surface area contributed by atoms with Gasteiger partial charge < -0.3 is 14.2 Å². The van der Waals surface area contributed by atoms with Gasteiger partial charge in [0.1, 0.15) is 12.4 Å². The van der Waals surface area contributed by atoms with Gasteiger partial charge in [0.25, 0.3) is 5.56 Å². The van der Waals surface area contributed by atoms with Crippen LogP contribution in [0.3, 0.4) is 0 Å². The number of aromatic nitrogens is 1. The first-order chi connectivity index (χ1) is 20.7. The van der Waals surface area contributed by atoms with Crippen molar-refractivity contribution < 1.29 is 23.4 Å². The van der Waals surface area contributed by atoms with Gasteiger partial charge in [-0.15, -0.1) is 0 Å². The van der Waals surface area contributed by atoms with E-state index < -0.39 is 17.8 Å². The zero-order valence-corrected chi connectivity index (χ0v) is 26.4. The number of nitriles is 1. The Morgan fingerprint density at radius 3 is 2.56 bits per heavy atom. The third-order valence-corrected chi connectivity index (χ3v) is 8.50. The zero-order chi connectivity index (χ0) is 30.7. The average molecular weight is 710 g/mol. The molecule has 43 heavy (non-hydrogen) atoms. The summed E-state index contributed by atoms with van der Waals surface area (Å²) in [6.45, 7) is 3.84. The summed E-state index contributed by atoms with van der Waals surface area (Å²) < 4.78 is 33.4. The van der Waals surface area contributed by atoms with Crippen LogP contribution in [0.2, 0.25) is 0 Å². The van der Waals surface area contributed by atoms with E-state index in [1.807, 2.05) is 18.2 Å². The largest absolute Gasteiger partial charge is 0.493 e. The highest BCUT2D eigenvalue weighted by atomic mass is 127. The Bertz CT molecular complexity index is 1960. The Balaban J connectivity index is 1.55. The van der Waals surface area contributed by atoms with E-state index in [9.17, 15) is 14.0 Å². The third-order valence-electron chi connectivity index (χ3n) is 6.72. The summed E-state index contributed by atoms with van der Waals surface area (Å²) in [5, 5.41) is 9.02. The van der Waals surface area contributed by atoms with Gasteiger partial charge in [0, 0.05) is 0 Å². The molecule has 11 heteroatoms. The number of benzene rings is 3. The summed E-state index contributed by atoms with van der Waals surface area (Å²) in [4.78, 5) is 31.9. The molecule has 0 saturated carbocycles. The summed E-state index contributed by atoms with van der Waals surface area (Å²) >= 11 is 3.35. The number of halogens is 2. The van der Waals surface area contributed by atoms with Crippen LogP contribution in [-0.2, 0) is 16.1 Å². The number of ether oxygens (including phenoxy) is 3. The molecule has 218 valence electrons. The van der Waals surface area contributed by atoms with Crippen LogP contribution >= 0.6 is 33.9 Å². The third kappa shape index (κ3) is 6.25. The second-order valence-electron chi connectivity index (χ2n) is 9.49. The summed E-state index contributed by atoms with van der Waals surface area (Å²) in [6, 6.07) is 17.8. The van der Waals surface area contributed by atoms with Crippen molar-refractivity contribution >= 4 is 46.0 Å². The molecule has 3 aromatic carbocycles. The molecule has 4 aromatic rings. The second-order valence-corrected chi connectivity index (χ2v) is 11.7. The minimum Gasteiger partial charge on any atom is -0.493 e. The van der Waals surface area contributed by atoms with Crippen LogP contribution < -0.4 is 24.4 Å². The number of carbonyl (C=O) groups is 1. The summed E-state index contributed by atoms with van der Waals surface area (Å²) in [5.74, 6) is 0.0342. The fourth-order valence-electron chi connectivity index (χ4n) is 4.70. The van der Waals surface area contributed by atoms with Crippen molar-refractivity contribution in [2.24, 2.45) is 4.99 Å². The number of nitrogens with zero attached hydrogens (tertiary/aromatic N) is 3. The van der Waals surface area contributed by atoms with E-state index in [-0.39, 0.29) is 24.3 Å². The lowest BCUT2D eigenvalue weighted by atomic mass is 9.96. The zero-order valence-electron chi connectivity index (χ0n) is 23.4. The van der Waals surface area contributed by atoms with Crippen LogP contribution in [0.5, 0.6) is 11.5 Å². The summed E-state index contributed by atoms with van der Waals surface area (Å²) in [6.07, 6.45) is 1.74. The number of methoxy groups -OCH3 is 1. The number of rotatable bonds is 8. The van der Waals surface area contributed by atoms with E-state index in [4.69, 9.17) is 19.5 Å². The number of hydrogen-bond donors (Lipinski definition) is 0. The molecule has 0 radical (unpaired) electrons. The van der Waals surface area contributed by atoms with Crippen molar-refractivity contribution in [1.29, 1.82) is 5.26 Å². The summed E-state index contributed by atoms with van der Waals surface area (Å²) in [7, 11) is 1.54. The molecular formula is C32H25FIN3O5S. The minimum absolute atomic E-state index is 0.157. The molecular weight excluding hydrogens is 684 g/mol. The van der Waals surface area contributed by atoms with Gasteiger partial charge in [0.05, 0.1) is 50.8 Å². The SMILES string of the molecule is CCOC(=O)C1=C(C)N=c2s/c(=C\c3cc(I)c(OCc4ccc(C#N)cc4)c(OC)c3)c(=O)n2[C@@H]1c1ccc(F)cc1. The van der Waals surface area contributed by atoms with E-state index in [0.29, 0.717) is 43.2 Å². The molecule has 1 aliphatic heterocycles. The number of thiazole rings is 1. The van der Waals surface area contributed by atoms with Crippen LogP contribution in [0.25, 0.3) is 6.08 Å². The fraction of sp³-hybridized carbons (Fsp3) is 0.188. The Hall–Kier alpha value is -4.28. The van der Waals surface area contributed by atoms with E-state index in [1.54, 1.807) is 57.4 Å². The van der Waals surface area contributed by atoms with Gasteiger partial charge in [-0.25, -0.2) is 14.2 Å². The highest BCUT2D eigenvalue weighted by molar-refractivity contribution is 14.1. The van der Waals surface area contributed by atoms with Crippen molar-refractivity contribution in [2.75, 3.05) is 13.7 Å². The molecule has 0 bridgehead atoms. The predicted molar refractivity (Wildman–Crippen MR) is 168 cm³/mol. The van der Waals surface area contributed by atoms with Crippen LogP contribution in [0.1, 0.15) is 42.1 Å². The first-order valence-corrected chi connectivity index (χ1v) is 15.1. The predicted octanol–water partition coefficient (Wildman–Crippen LogP) is 5.00. The van der Waals surface area contributed by atoms with Crippen LogP contribution in [0.15, 0.2) is 81.7 Å². The van der Waals surface area contributed by atoms with Crippen molar-refractivity contribution in [3.63, 3.8) is 0 Å². The van der Waals surface area contributed by atoms with Crippen molar-refractivity contribution in [3.05, 3.63) is 123 Å². The molecule has 8 nitrogen and oxygen atoms in total. The van der Waals surface area contributed by atoms with E-state index >= 15 is 0 Å². The Kier molecular flexibility index (Phi) is 9.08. The quantitative estimate of drug-likeness (QED) is 0.189. The lowest BCUT2D eigenvalue weighted by Gasteiger charge is -2.24. The number of hydrogen-bond acceptors (Lipinski definition) is 8. The first-order valence-electron chi connectivity index (χ1n) is 13.2. The molecule has 1 aliphatic rings. The van der Waals surface area contributed by atoms with Gasteiger partial charge >= 0.3 is 5.97 Å². The molecule has 0 N–H and O–H groups in total. The number of esters is 1. The maximum absolute atomic E-state index is 13.9. The maximum atomic E-state index is 13.9. The van der Waals surface area contributed by atoms with Gasteiger partial charge in [-0.3, -0.25) is 9.36 Å². The van der Waals surface area contributed by atoms with Gasteiger partial charge in [-0.05, 0) is 95.6 Å². The number of allylic oxidation sites excluding steroid dienone is 1. The standard InChI is InChI=1S/C32H25FIN3O5S/c1-4-41-31(39)27-18(2)36-32-37(28(27)22-9-11-23(33)12-10-22)30(38)26(43-32)15-21-13-24(34)29(25(14-21)40-3)42-17-20-7-5-19(16-35)6-8-20/h5-15,28H,4,17H2,1-3H3/b26-15-/t28-/m1/s1. The van der Waals surface area contributed by atoms with Crippen LogP contribution in [-0.4, -0.2) is 24.3 Å². The number of fused-ring (bicyclic) bond motifs is 1. The monoisotopic (exact) mass is 709 g/mol. The molecule has 0 unspecified atom stereocenters. The van der Waals surface area contributed by atoms with Crippen molar-refractivity contribution in [3.8, 4) is 17.6 Å². The fourth-order valence-corrected chi connectivity index (χ4v) is 6.53. The second kappa shape index (κ2) is 12.9. The van der Waals surface area contributed by atoms with Gasteiger partial charge in [-0.1, -0.05) is 35.6 Å². The lowest BCUT2D eigenvalue weighted by Crippen LogP contribution is -2.39. The number of carbonyl (C=O) groups excluding carboxylic acids is 1. The van der Waals surface area contributed by atoms with Crippen molar-refractivity contribution in [1.82, 2.24) is 4.57 Å². The highest BCUT2D eigenvalue weighted by Gasteiger charge is 2.33. The van der Waals surface area contributed by atoms with Crippen LogP contribution in [0.4, 0.5) is 4.39 Å². The Labute approximate surface area is 264 Å². The normalized spacial score (nSPS) is 14.5. The molecule has 0 aliphatic carbocycles. The van der Waals surface area contributed by atoms with Crippen molar-refractivity contribution in [2.45, 2.75) is 26.5 Å². The molecule has 0 fully saturated rings. The smallest absolute Gasteiger partial charge is 0.338 e. The summed E-state index contributed by atoms with van der Waals surface area (Å²) in [5.41, 5.74) is 3.05. The first kappa shape index (κ1) is 30.2.